The average Bonchev–Trinajstić information content (AvgIpc) is 2.87. The Hall–Kier alpha value is -1.11. The SMILES string of the molecule is CSc1nsc(SC=CC(=O)c2ccc(C)cc2)n1. The van der Waals surface area contributed by atoms with Crippen LogP contribution in [-0.4, -0.2) is 21.4 Å². The summed E-state index contributed by atoms with van der Waals surface area (Å²) in [6, 6.07) is 7.54. The maximum atomic E-state index is 11.9. The van der Waals surface area contributed by atoms with Gasteiger partial charge in [-0.2, -0.15) is 4.37 Å². The highest BCUT2D eigenvalue weighted by molar-refractivity contribution is 8.03. The molecule has 1 aromatic carbocycles. The van der Waals surface area contributed by atoms with E-state index >= 15 is 0 Å². The fourth-order valence-corrected chi connectivity index (χ4v) is 3.23. The highest BCUT2D eigenvalue weighted by atomic mass is 32.2. The van der Waals surface area contributed by atoms with Gasteiger partial charge in [0.25, 0.3) is 0 Å². The molecule has 0 aliphatic heterocycles. The van der Waals surface area contributed by atoms with E-state index in [1.807, 2.05) is 37.4 Å². The van der Waals surface area contributed by atoms with Gasteiger partial charge in [-0.15, -0.1) is 0 Å². The van der Waals surface area contributed by atoms with E-state index in [4.69, 9.17) is 0 Å². The van der Waals surface area contributed by atoms with Gasteiger partial charge >= 0.3 is 0 Å². The van der Waals surface area contributed by atoms with E-state index in [9.17, 15) is 4.79 Å². The van der Waals surface area contributed by atoms with E-state index in [-0.39, 0.29) is 5.78 Å². The van der Waals surface area contributed by atoms with E-state index in [2.05, 4.69) is 9.36 Å². The number of nitrogens with zero attached hydrogens (tertiary/aromatic N) is 2. The molecule has 0 atom stereocenters. The van der Waals surface area contributed by atoms with E-state index in [1.54, 1.807) is 11.5 Å². The predicted octanol–water partition coefficient (Wildman–Crippen LogP) is 4.06. The number of hydrogen-bond donors (Lipinski definition) is 0. The smallest absolute Gasteiger partial charge is 0.200 e. The molecular formula is C13H12N2OS3. The van der Waals surface area contributed by atoms with Crippen molar-refractivity contribution in [1.29, 1.82) is 0 Å². The van der Waals surface area contributed by atoms with Crippen molar-refractivity contribution in [2.75, 3.05) is 6.26 Å². The molecular weight excluding hydrogens is 296 g/mol. The van der Waals surface area contributed by atoms with Crippen LogP contribution in [-0.2, 0) is 0 Å². The molecule has 0 aliphatic rings. The lowest BCUT2D eigenvalue weighted by atomic mass is 10.1. The molecule has 1 heterocycles. The number of ketones is 1. The van der Waals surface area contributed by atoms with Crippen LogP contribution in [0.5, 0.6) is 0 Å². The van der Waals surface area contributed by atoms with Crippen molar-refractivity contribution in [2.24, 2.45) is 0 Å². The molecule has 2 aromatic rings. The highest BCUT2D eigenvalue weighted by Crippen LogP contribution is 2.24. The number of carbonyl (C=O) groups is 1. The van der Waals surface area contributed by atoms with E-state index in [0.29, 0.717) is 5.56 Å². The van der Waals surface area contributed by atoms with Gasteiger partial charge in [0.1, 0.15) is 0 Å². The molecule has 6 heteroatoms. The second kappa shape index (κ2) is 6.88. The van der Waals surface area contributed by atoms with Gasteiger partial charge < -0.3 is 0 Å². The lowest BCUT2D eigenvalue weighted by Gasteiger charge is -1.96. The maximum absolute atomic E-state index is 11.9. The zero-order chi connectivity index (χ0) is 13.7. The summed E-state index contributed by atoms with van der Waals surface area (Å²) >= 11 is 4.27. The maximum Gasteiger partial charge on any atom is 0.200 e. The second-order valence-corrected chi connectivity index (χ2v) is 6.38. The molecule has 0 saturated carbocycles. The molecule has 2 rings (SSSR count). The summed E-state index contributed by atoms with van der Waals surface area (Å²) < 4.78 is 5.00. The first kappa shape index (κ1) is 14.3. The van der Waals surface area contributed by atoms with Crippen LogP contribution >= 0.6 is 35.1 Å². The van der Waals surface area contributed by atoms with Gasteiger partial charge in [0.15, 0.2) is 10.1 Å². The highest BCUT2D eigenvalue weighted by Gasteiger charge is 2.03. The fourth-order valence-electron chi connectivity index (χ4n) is 1.30. The van der Waals surface area contributed by atoms with Gasteiger partial charge in [-0.1, -0.05) is 53.4 Å². The van der Waals surface area contributed by atoms with Gasteiger partial charge in [-0.05, 0) is 36.2 Å². The molecule has 0 bridgehead atoms. The van der Waals surface area contributed by atoms with Crippen molar-refractivity contribution in [2.45, 2.75) is 16.4 Å². The first-order valence-corrected chi connectivity index (χ1v) is 8.39. The Balaban J connectivity index is 1.95. The summed E-state index contributed by atoms with van der Waals surface area (Å²) in [4.78, 5) is 16.2. The first-order chi connectivity index (χ1) is 9.19. The third-order valence-corrected chi connectivity index (χ3v) is 4.55. The minimum Gasteiger partial charge on any atom is -0.289 e. The van der Waals surface area contributed by atoms with Crippen molar-refractivity contribution < 1.29 is 4.79 Å². The molecule has 0 fully saturated rings. The summed E-state index contributed by atoms with van der Waals surface area (Å²) in [6.45, 7) is 2.00. The summed E-state index contributed by atoms with van der Waals surface area (Å²) in [5.74, 6) is 0.00195. The van der Waals surface area contributed by atoms with Gasteiger partial charge in [0.2, 0.25) is 5.16 Å². The predicted molar refractivity (Wildman–Crippen MR) is 82.2 cm³/mol. The molecule has 0 spiro atoms. The lowest BCUT2D eigenvalue weighted by Crippen LogP contribution is -1.93. The standard InChI is InChI=1S/C13H12N2OS3/c1-9-3-5-10(6-4-9)11(16)7-8-18-13-14-12(17-2)15-19-13/h3-8H,1-2H3. The number of rotatable bonds is 5. The van der Waals surface area contributed by atoms with Crippen molar-refractivity contribution in [3.05, 3.63) is 46.9 Å². The van der Waals surface area contributed by atoms with Crippen molar-refractivity contribution in [1.82, 2.24) is 9.36 Å². The Kier molecular flexibility index (Phi) is 5.18. The molecule has 0 N–H and O–H groups in total. The van der Waals surface area contributed by atoms with Crippen molar-refractivity contribution in [3.8, 4) is 0 Å². The Morgan fingerprint density at radius 2 is 2.05 bits per heavy atom. The van der Waals surface area contributed by atoms with Crippen molar-refractivity contribution >= 4 is 40.8 Å². The topological polar surface area (TPSA) is 42.9 Å². The van der Waals surface area contributed by atoms with Gasteiger partial charge in [0, 0.05) is 5.56 Å². The van der Waals surface area contributed by atoms with Crippen LogP contribution in [0.15, 0.2) is 45.2 Å². The van der Waals surface area contributed by atoms with Crippen LogP contribution in [0, 0.1) is 6.92 Å². The molecule has 0 amide bonds. The fraction of sp³-hybridized carbons (Fsp3) is 0.154. The number of aromatic nitrogens is 2. The minimum absolute atomic E-state index is 0.00195. The second-order valence-electron chi connectivity index (χ2n) is 3.70. The van der Waals surface area contributed by atoms with Crippen LogP contribution in [0.25, 0.3) is 0 Å². The normalized spacial score (nSPS) is 11.1. The Bertz CT molecular complexity index is 590. The number of aryl methyl sites for hydroxylation is 1. The van der Waals surface area contributed by atoms with Crippen LogP contribution in [0.1, 0.15) is 15.9 Å². The van der Waals surface area contributed by atoms with E-state index < -0.39 is 0 Å². The van der Waals surface area contributed by atoms with E-state index in [1.165, 1.54) is 35.1 Å². The number of carbonyl (C=O) groups excluding carboxylic acids is 1. The van der Waals surface area contributed by atoms with Crippen LogP contribution < -0.4 is 0 Å². The van der Waals surface area contributed by atoms with E-state index in [0.717, 1.165) is 15.1 Å². The monoisotopic (exact) mass is 308 g/mol. The Labute approximate surface area is 124 Å². The van der Waals surface area contributed by atoms with Crippen LogP contribution in [0.3, 0.4) is 0 Å². The van der Waals surface area contributed by atoms with Gasteiger partial charge in [0.05, 0.1) is 0 Å². The zero-order valence-electron chi connectivity index (χ0n) is 10.5. The minimum atomic E-state index is 0.00195. The molecule has 0 radical (unpaired) electrons. The molecule has 0 saturated heterocycles. The number of benzene rings is 1. The average molecular weight is 308 g/mol. The summed E-state index contributed by atoms with van der Waals surface area (Å²) in [5.41, 5.74) is 1.85. The Morgan fingerprint density at radius 1 is 1.32 bits per heavy atom. The molecule has 0 unspecified atom stereocenters. The molecule has 0 aliphatic carbocycles. The third kappa shape index (κ3) is 4.19. The first-order valence-electron chi connectivity index (χ1n) is 5.51. The van der Waals surface area contributed by atoms with Gasteiger partial charge in [-0.25, -0.2) is 4.98 Å². The largest absolute Gasteiger partial charge is 0.289 e. The molecule has 1 aromatic heterocycles. The summed E-state index contributed by atoms with van der Waals surface area (Å²) in [7, 11) is 0. The molecule has 98 valence electrons. The molecule has 19 heavy (non-hydrogen) atoms. The van der Waals surface area contributed by atoms with Crippen LogP contribution in [0.2, 0.25) is 0 Å². The molecule has 3 nitrogen and oxygen atoms in total. The number of thioether (sulfide) groups is 2. The lowest BCUT2D eigenvalue weighted by molar-refractivity contribution is 0.104. The number of allylic oxidation sites excluding steroid dienone is 1. The van der Waals surface area contributed by atoms with Crippen LogP contribution in [0.4, 0.5) is 0 Å². The van der Waals surface area contributed by atoms with Crippen molar-refractivity contribution in [3.63, 3.8) is 0 Å². The van der Waals surface area contributed by atoms with Gasteiger partial charge in [-0.3, -0.25) is 4.79 Å². The summed E-state index contributed by atoms with van der Waals surface area (Å²) in [5, 5.41) is 2.53. The number of hydrogen-bond acceptors (Lipinski definition) is 6. The quantitative estimate of drug-likeness (QED) is 0.473. The Morgan fingerprint density at radius 3 is 2.68 bits per heavy atom. The summed E-state index contributed by atoms with van der Waals surface area (Å²) in [6.07, 6.45) is 3.50. The zero-order valence-corrected chi connectivity index (χ0v) is 12.9. The third-order valence-electron chi connectivity index (χ3n) is 2.30.